The number of halogens is 2. The first-order chi connectivity index (χ1) is 13.1. The molecule has 0 saturated carbocycles. The molecule has 0 unspecified atom stereocenters. The van der Waals surface area contributed by atoms with Crippen molar-refractivity contribution in [1.82, 2.24) is 25.4 Å². The van der Waals surface area contributed by atoms with E-state index >= 15 is 0 Å². The van der Waals surface area contributed by atoms with E-state index in [9.17, 15) is 4.39 Å². The van der Waals surface area contributed by atoms with Crippen molar-refractivity contribution in [3.8, 4) is 0 Å². The van der Waals surface area contributed by atoms with E-state index in [2.05, 4.69) is 32.7 Å². The number of nitrogens with zero attached hydrogens (tertiary/aromatic N) is 5. The lowest BCUT2D eigenvalue weighted by Gasteiger charge is -2.19. The van der Waals surface area contributed by atoms with Crippen LogP contribution in [0.1, 0.15) is 26.1 Å². The van der Waals surface area contributed by atoms with Crippen LogP contribution in [0.2, 0.25) is 0 Å². The quantitative estimate of drug-likeness (QED) is 0.226. The summed E-state index contributed by atoms with van der Waals surface area (Å²) < 4.78 is 15.3. The lowest BCUT2D eigenvalue weighted by Crippen LogP contribution is -2.39. The van der Waals surface area contributed by atoms with Gasteiger partial charge in [0, 0.05) is 51.9 Å². The number of aryl methyl sites for hydroxylation is 1. The summed E-state index contributed by atoms with van der Waals surface area (Å²) in [6, 6.07) is 6.64. The van der Waals surface area contributed by atoms with E-state index in [1.54, 1.807) is 18.5 Å². The van der Waals surface area contributed by atoms with Crippen molar-refractivity contribution in [3.63, 3.8) is 0 Å². The van der Waals surface area contributed by atoms with Gasteiger partial charge in [0.1, 0.15) is 18.0 Å². The molecule has 0 fully saturated rings. The van der Waals surface area contributed by atoms with Gasteiger partial charge in [-0.3, -0.25) is 4.99 Å². The standard InChI is InChI=1S/C19H30FN7.HI/c1-4-18-25-24-15-27(18)13-11-23-19(21-5-2)22-10-7-12-26(3)17-9-6-8-16(20)14-17;/h6,8-9,14-15H,4-5,7,10-13H2,1-3H3,(H2,21,22,23);1H. The van der Waals surface area contributed by atoms with E-state index < -0.39 is 0 Å². The first-order valence-electron chi connectivity index (χ1n) is 9.49. The van der Waals surface area contributed by atoms with Crippen LogP contribution in [-0.4, -0.2) is 54.0 Å². The molecule has 7 nitrogen and oxygen atoms in total. The van der Waals surface area contributed by atoms with Crippen LogP contribution in [0.3, 0.4) is 0 Å². The molecule has 156 valence electrons. The first kappa shape index (κ1) is 24.1. The predicted molar refractivity (Wildman–Crippen MR) is 123 cm³/mol. The lowest BCUT2D eigenvalue weighted by molar-refractivity contribution is 0.626. The summed E-state index contributed by atoms with van der Waals surface area (Å²) in [4.78, 5) is 6.65. The minimum absolute atomic E-state index is 0. The number of anilines is 1. The third kappa shape index (κ3) is 7.99. The smallest absolute Gasteiger partial charge is 0.191 e. The molecule has 0 aliphatic heterocycles. The van der Waals surface area contributed by atoms with E-state index in [0.29, 0.717) is 6.54 Å². The van der Waals surface area contributed by atoms with Crippen LogP contribution in [0.4, 0.5) is 10.1 Å². The Morgan fingerprint density at radius 1 is 1.29 bits per heavy atom. The molecule has 28 heavy (non-hydrogen) atoms. The van der Waals surface area contributed by atoms with Crippen molar-refractivity contribution in [2.75, 3.05) is 38.1 Å². The number of benzene rings is 1. The van der Waals surface area contributed by atoms with Crippen LogP contribution in [0, 0.1) is 5.82 Å². The maximum atomic E-state index is 13.3. The normalized spacial score (nSPS) is 11.1. The third-order valence-corrected chi connectivity index (χ3v) is 4.17. The Balaban J connectivity index is 0.00000392. The maximum absolute atomic E-state index is 13.3. The summed E-state index contributed by atoms with van der Waals surface area (Å²) >= 11 is 0. The molecule has 1 aromatic carbocycles. The molecule has 0 aliphatic rings. The maximum Gasteiger partial charge on any atom is 0.191 e. The number of rotatable bonds is 10. The van der Waals surface area contributed by atoms with Gasteiger partial charge >= 0.3 is 0 Å². The monoisotopic (exact) mass is 503 g/mol. The van der Waals surface area contributed by atoms with Gasteiger partial charge in [-0.25, -0.2) is 4.39 Å². The van der Waals surface area contributed by atoms with Crippen LogP contribution in [0.25, 0.3) is 0 Å². The average Bonchev–Trinajstić information content (AvgIpc) is 3.12. The molecule has 0 saturated heterocycles. The van der Waals surface area contributed by atoms with E-state index in [1.807, 2.05) is 29.5 Å². The molecule has 0 spiro atoms. The molecule has 1 aromatic heterocycles. The van der Waals surface area contributed by atoms with Crippen molar-refractivity contribution in [1.29, 1.82) is 0 Å². The van der Waals surface area contributed by atoms with Crippen LogP contribution < -0.4 is 15.5 Å². The number of aromatic nitrogens is 3. The lowest BCUT2D eigenvalue weighted by atomic mass is 10.2. The summed E-state index contributed by atoms with van der Waals surface area (Å²) in [6.45, 7) is 7.98. The Bertz CT molecular complexity index is 720. The molecule has 0 aliphatic carbocycles. The van der Waals surface area contributed by atoms with Gasteiger partial charge in [0.25, 0.3) is 0 Å². The Morgan fingerprint density at radius 2 is 2.11 bits per heavy atom. The van der Waals surface area contributed by atoms with E-state index in [0.717, 1.165) is 56.5 Å². The van der Waals surface area contributed by atoms with Gasteiger partial charge in [-0.05, 0) is 31.5 Å². The highest BCUT2D eigenvalue weighted by atomic mass is 127. The fraction of sp³-hybridized carbons (Fsp3) is 0.526. The zero-order valence-corrected chi connectivity index (χ0v) is 19.2. The van der Waals surface area contributed by atoms with Gasteiger partial charge in [0.15, 0.2) is 5.96 Å². The van der Waals surface area contributed by atoms with Crippen LogP contribution >= 0.6 is 24.0 Å². The zero-order valence-electron chi connectivity index (χ0n) is 16.9. The zero-order chi connectivity index (χ0) is 19.5. The molecule has 9 heteroatoms. The Labute approximate surface area is 183 Å². The molecule has 2 N–H and O–H groups in total. The molecule has 1 heterocycles. The van der Waals surface area contributed by atoms with Crippen molar-refractivity contribution >= 4 is 35.6 Å². The van der Waals surface area contributed by atoms with Crippen molar-refractivity contribution in [3.05, 3.63) is 42.2 Å². The van der Waals surface area contributed by atoms with Gasteiger partial charge in [-0.15, -0.1) is 34.2 Å². The molecule has 0 atom stereocenters. The van der Waals surface area contributed by atoms with Crippen LogP contribution in [0.5, 0.6) is 0 Å². The number of hydrogen-bond acceptors (Lipinski definition) is 4. The highest BCUT2D eigenvalue weighted by Crippen LogP contribution is 2.13. The average molecular weight is 503 g/mol. The largest absolute Gasteiger partial charge is 0.374 e. The number of hydrogen-bond donors (Lipinski definition) is 2. The minimum atomic E-state index is -0.213. The number of nitrogens with one attached hydrogen (secondary N) is 2. The molecular weight excluding hydrogens is 472 g/mol. The topological polar surface area (TPSA) is 70.4 Å². The summed E-state index contributed by atoms with van der Waals surface area (Å²) in [5.74, 6) is 1.58. The SMILES string of the molecule is CCNC(=NCCCN(C)c1cccc(F)c1)NCCn1cnnc1CC.I. The second kappa shape index (κ2) is 13.3. The highest BCUT2D eigenvalue weighted by Gasteiger charge is 2.03. The molecule has 0 amide bonds. The van der Waals surface area contributed by atoms with E-state index in [-0.39, 0.29) is 29.8 Å². The van der Waals surface area contributed by atoms with Crippen LogP contribution in [-0.2, 0) is 13.0 Å². The van der Waals surface area contributed by atoms with Gasteiger partial charge in [0.05, 0.1) is 0 Å². The van der Waals surface area contributed by atoms with Gasteiger partial charge in [-0.1, -0.05) is 13.0 Å². The van der Waals surface area contributed by atoms with Gasteiger partial charge < -0.3 is 20.1 Å². The minimum Gasteiger partial charge on any atom is -0.374 e. The molecular formula is C19H31FIN7. The highest BCUT2D eigenvalue weighted by molar-refractivity contribution is 14.0. The van der Waals surface area contributed by atoms with Gasteiger partial charge in [-0.2, -0.15) is 0 Å². The van der Waals surface area contributed by atoms with Crippen molar-refractivity contribution in [2.45, 2.75) is 33.2 Å². The molecule has 0 radical (unpaired) electrons. The third-order valence-electron chi connectivity index (χ3n) is 4.17. The fourth-order valence-corrected chi connectivity index (χ4v) is 2.72. The molecule has 2 aromatic rings. The summed E-state index contributed by atoms with van der Waals surface area (Å²) in [5.41, 5.74) is 0.879. The second-order valence-electron chi connectivity index (χ2n) is 6.24. The number of aliphatic imine (C=N–C) groups is 1. The summed E-state index contributed by atoms with van der Waals surface area (Å²) in [5, 5.41) is 14.6. The second-order valence-corrected chi connectivity index (χ2v) is 6.24. The van der Waals surface area contributed by atoms with E-state index in [1.165, 1.54) is 6.07 Å². The Morgan fingerprint density at radius 3 is 2.82 bits per heavy atom. The predicted octanol–water partition coefficient (Wildman–Crippen LogP) is 2.68. The van der Waals surface area contributed by atoms with Gasteiger partial charge in [0.2, 0.25) is 0 Å². The number of guanidine groups is 1. The first-order valence-corrected chi connectivity index (χ1v) is 9.49. The fourth-order valence-electron chi connectivity index (χ4n) is 2.72. The van der Waals surface area contributed by atoms with Crippen LogP contribution in [0.15, 0.2) is 35.6 Å². The Hall–Kier alpha value is -1.91. The van der Waals surface area contributed by atoms with Crippen molar-refractivity contribution in [2.24, 2.45) is 4.99 Å². The molecule has 2 rings (SSSR count). The summed E-state index contributed by atoms with van der Waals surface area (Å²) in [7, 11) is 1.96. The summed E-state index contributed by atoms with van der Waals surface area (Å²) in [6.07, 6.45) is 3.51. The molecule has 0 bridgehead atoms. The van der Waals surface area contributed by atoms with Crippen molar-refractivity contribution < 1.29 is 4.39 Å². The Kier molecular flexibility index (Phi) is 11.5. The van der Waals surface area contributed by atoms with E-state index in [4.69, 9.17) is 0 Å².